The topological polar surface area (TPSA) is 77.0 Å². The summed E-state index contributed by atoms with van der Waals surface area (Å²) < 4.78 is 7.12. The predicted molar refractivity (Wildman–Crippen MR) is 150 cm³/mol. The highest BCUT2D eigenvalue weighted by Crippen LogP contribution is 2.43. The van der Waals surface area contributed by atoms with Crippen LogP contribution in [0.3, 0.4) is 0 Å². The summed E-state index contributed by atoms with van der Waals surface area (Å²) in [4.78, 5) is 27.9. The third-order valence-corrected chi connectivity index (χ3v) is 8.77. The molecular formula is C26H26Cl2N4O2S2. The van der Waals surface area contributed by atoms with Crippen molar-refractivity contribution in [2.45, 2.75) is 57.8 Å². The first-order chi connectivity index (χ1) is 17.1. The second-order valence-corrected chi connectivity index (χ2v) is 12.7. The predicted octanol–water partition coefficient (Wildman–Crippen LogP) is 7.33. The van der Waals surface area contributed by atoms with Crippen LogP contribution in [0.5, 0.6) is 0 Å². The minimum atomic E-state index is -0.254. The Morgan fingerprint density at radius 1 is 1.25 bits per heavy atom. The molecule has 1 aliphatic rings. The molecule has 1 aliphatic heterocycles. The molecule has 0 radical (unpaired) electrons. The van der Waals surface area contributed by atoms with Crippen LogP contribution in [0.1, 0.15) is 44.5 Å². The third-order valence-electron chi connectivity index (χ3n) is 6.03. The van der Waals surface area contributed by atoms with Crippen molar-refractivity contribution in [3.8, 4) is 0 Å². The molecule has 0 saturated heterocycles. The van der Waals surface area contributed by atoms with Gasteiger partial charge in [0.15, 0.2) is 0 Å². The zero-order chi connectivity index (χ0) is 25.6. The highest BCUT2D eigenvalue weighted by Gasteiger charge is 2.32. The van der Waals surface area contributed by atoms with Crippen molar-refractivity contribution in [3.63, 3.8) is 0 Å². The van der Waals surface area contributed by atoms with E-state index in [1.807, 2.05) is 0 Å². The molecule has 0 atom stereocenters. The molecule has 36 heavy (non-hydrogen) atoms. The molecule has 0 unspecified atom stereocenters. The molecule has 0 spiro atoms. The van der Waals surface area contributed by atoms with Crippen molar-refractivity contribution >= 4 is 78.3 Å². The standard InChI is InChI=1S/C26H26Cl2N4O2S2/c1-13(2)7-19-16-10-34-26(3,4)9-15(16)21-22-23(36-24(21)32-19)25(30-12-29-22)35-11-20(33)31-18-6-5-14(27)8-17(18)28/h5-6,8,12-13H,7,9-11H2,1-4H3,(H,31,33). The van der Waals surface area contributed by atoms with Crippen LogP contribution < -0.4 is 5.32 Å². The van der Waals surface area contributed by atoms with Crippen LogP contribution in [0.25, 0.3) is 20.4 Å². The number of fused-ring (bicyclic) bond motifs is 5. The minimum absolute atomic E-state index is 0.175. The van der Waals surface area contributed by atoms with Gasteiger partial charge in [0.05, 0.1) is 38.9 Å². The van der Waals surface area contributed by atoms with Crippen molar-refractivity contribution in [1.29, 1.82) is 0 Å². The Morgan fingerprint density at radius 3 is 2.81 bits per heavy atom. The number of carbonyl (C=O) groups excluding carboxylic acids is 1. The number of nitrogens with zero attached hydrogens (tertiary/aromatic N) is 3. The summed E-state index contributed by atoms with van der Waals surface area (Å²) in [5, 5.41) is 5.62. The fourth-order valence-corrected chi connectivity index (χ4v) is 6.93. The number of amides is 1. The summed E-state index contributed by atoms with van der Waals surface area (Å²) >= 11 is 15.1. The van der Waals surface area contributed by atoms with Gasteiger partial charge in [-0.2, -0.15) is 0 Å². The lowest BCUT2D eigenvalue weighted by molar-refractivity contribution is -0.113. The summed E-state index contributed by atoms with van der Waals surface area (Å²) in [6.45, 7) is 9.23. The fourth-order valence-electron chi connectivity index (χ4n) is 4.42. The molecule has 3 aromatic heterocycles. The second kappa shape index (κ2) is 10.1. The van der Waals surface area contributed by atoms with Gasteiger partial charge in [-0.25, -0.2) is 15.0 Å². The number of anilines is 1. The maximum atomic E-state index is 12.7. The number of hydrogen-bond donors (Lipinski definition) is 1. The molecule has 1 amide bonds. The number of thioether (sulfide) groups is 1. The average Bonchev–Trinajstić information content (AvgIpc) is 3.17. The number of benzene rings is 1. The van der Waals surface area contributed by atoms with E-state index in [2.05, 4.69) is 43.0 Å². The highest BCUT2D eigenvalue weighted by molar-refractivity contribution is 8.00. The Labute approximate surface area is 228 Å². The quantitative estimate of drug-likeness (QED) is 0.196. The maximum Gasteiger partial charge on any atom is 0.234 e. The molecule has 0 aliphatic carbocycles. The monoisotopic (exact) mass is 560 g/mol. The second-order valence-electron chi connectivity index (χ2n) is 9.94. The summed E-state index contributed by atoms with van der Waals surface area (Å²) in [6, 6.07) is 4.98. The SMILES string of the molecule is CC(C)Cc1nc2sc3c(SCC(=O)Nc4ccc(Cl)cc4Cl)ncnc3c2c2c1COC(C)(C)C2. The normalized spacial score (nSPS) is 15.0. The minimum Gasteiger partial charge on any atom is -0.370 e. The zero-order valence-electron chi connectivity index (χ0n) is 20.4. The number of pyridine rings is 1. The summed E-state index contributed by atoms with van der Waals surface area (Å²) in [5.74, 6) is 0.497. The molecule has 10 heteroatoms. The van der Waals surface area contributed by atoms with Crippen LogP contribution in [-0.4, -0.2) is 32.2 Å². The van der Waals surface area contributed by atoms with E-state index in [-0.39, 0.29) is 17.3 Å². The van der Waals surface area contributed by atoms with Crippen molar-refractivity contribution in [2.24, 2.45) is 5.92 Å². The number of halogens is 2. The van der Waals surface area contributed by atoms with Crippen LogP contribution in [-0.2, 0) is 29.0 Å². The lowest BCUT2D eigenvalue weighted by atomic mass is 9.88. The van der Waals surface area contributed by atoms with Gasteiger partial charge in [-0.3, -0.25) is 4.79 Å². The molecule has 0 saturated carbocycles. The number of rotatable bonds is 6. The number of ether oxygens (including phenoxy) is 1. The largest absolute Gasteiger partial charge is 0.370 e. The Balaban J connectivity index is 1.49. The van der Waals surface area contributed by atoms with E-state index in [0.717, 1.165) is 44.0 Å². The maximum absolute atomic E-state index is 12.7. The van der Waals surface area contributed by atoms with Crippen molar-refractivity contribution in [2.75, 3.05) is 11.1 Å². The van der Waals surface area contributed by atoms with Gasteiger partial charge in [0.1, 0.15) is 16.2 Å². The zero-order valence-corrected chi connectivity index (χ0v) is 23.6. The van der Waals surface area contributed by atoms with Gasteiger partial charge in [-0.15, -0.1) is 11.3 Å². The highest BCUT2D eigenvalue weighted by atomic mass is 35.5. The molecular weight excluding hydrogens is 535 g/mol. The lowest BCUT2D eigenvalue weighted by Crippen LogP contribution is -2.33. The Hall–Kier alpha value is -1.97. The number of carbonyl (C=O) groups is 1. The molecule has 188 valence electrons. The molecule has 0 fully saturated rings. The Kier molecular flexibility index (Phi) is 7.18. The van der Waals surface area contributed by atoms with E-state index in [4.69, 9.17) is 32.9 Å². The number of hydrogen-bond acceptors (Lipinski definition) is 7. The molecule has 1 aromatic carbocycles. The first-order valence-electron chi connectivity index (χ1n) is 11.7. The summed E-state index contributed by atoms with van der Waals surface area (Å²) in [6.07, 6.45) is 3.27. The molecule has 6 nitrogen and oxygen atoms in total. The summed E-state index contributed by atoms with van der Waals surface area (Å²) in [7, 11) is 0. The first kappa shape index (κ1) is 25.7. The number of nitrogens with one attached hydrogen (secondary N) is 1. The van der Waals surface area contributed by atoms with Crippen LogP contribution in [0, 0.1) is 5.92 Å². The van der Waals surface area contributed by atoms with Crippen molar-refractivity contribution < 1.29 is 9.53 Å². The van der Waals surface area contributed by atoms with E-state index < -0.39 is 0 Å². The van der Waals surface area contributed by atoms with E-state index in [1.54, 1.807) is 35.9 Å². The van der Waals surface area contributed by atoms with Crippen molar-refractivity contribution in [3.05, 3.63) is 51.4 Å². The van der Waals surface area contributed by atoms with Gasteiger partial charge in [-0.1, -0.05) is 48.8 Å². The molecule has 5 rings (SSSR count). The van der Waals surface area contributed by atoms with Crippen molar-refractivity contribution in [1.82, 2.24) is 15.0 Å². The van der Waals surface area contributed by atoms with Crippen LogP contribution in [0.15, 0.2) is 29.6 Å². The number of aromatic nitrogens is 3. The smallest absolute Gasteiger partial charge is 0.234 e. The molecule has 4 heterocycles. The Bertz CT molecular complexity index is 1490. The molecule has 1 N–H and O–H groups in total. The molecule has 0 bridgehead atoms. The van der Waals surface area contributed by atoms with Gasteiger partial charge >= 0.3 is 0 Å². The van der Waals surface area contributed by atoms with Crippen LogP contribution in [0.2, 0.25) is 10.0 Å². The molecule has 4 aromatic rings. The lowest BCUT2D eigenvalue weighted by Gasteiger charge is -2.33. The summed E-state index contributed by atoms with van der Waals surface area (Å²) in [5.41, 5.74) is 4.75. The number of thiophene rings is 1. The van der Waals surface area contributed by atoms with E-state index in [9.17, 15) is 4.79 Å². The van der Waals surface area contributed by atoms with Gasteiger partial charge < -0.3 is 10.1 Å². The third kappa shape index (κ3) is 5.20. The van der Waals surface area contributed by atoms with Gasteiger partial charge in [0.25, 0.3) is 0 Å². The van der Waals surface area contributed by atoms with Gasteiger partial charge in [0.2, 0.25) is 5.91 Å². The van der Waals surface area contributed by atoms with Gasteiger partial charge in [-0.05, 0) is 49.9 Å². The van der Waals surface area contributed by atoms with E-state index in [1.165, 1.54) is 22.9 Å². The van der Waals surface area contributed by atoms with Gasteiger partial charge in [0, 0.05) is 28.1 Å². The van der Waals surface area contributed by atoms with Crippen LogP contribution >= 0.6 is 46.3 Å². The fraction of sp³-hybridized carbons (Fsp3) is 0.385. The Morgan fingerprint density at radius 2 is 2.06 bits per heavy atom. The first-order valence-corrected chi connectivity index (χ1v) is 14.3. The van der Waals surface area contributed by atoms with Crippen LogP contribution in [0.4, 0.5) is 5.69 Å². The van der Waals surface area contributed by atoms with E-state index in [0.29, 0.717) is 28.3 Å². The van der Waals surface area contributed by atoms with E-state index >= 15 is 0 Å². The average molecular weight is 562 g/mol.